The van der Waals surface area contributed by atoms with E-state index in [2.05, 4.69) is 0 Å². The number of carbonyl (C=O) groups is 2. The van der Waals surface area contributed by atoms with Crippen LogP contribution in [-0.2, 0) is 15.3 Å². The molecule has 22 heavy (non-hydrogen) atoms. The average Bonchev–Trinajstić information content (AvgIpc) is 2.36. The van der Waals surface area contributed by atoms with Crippen LogP contribution in [-0.4, -0.2) is 35.0 Å². The van der Waals surface area contributed by atoms with E-state index in [-0.39, 0.29) is 5.75 Å². The second-order valence-electron chi connectivity index (χ2n) is 4.40. The van der Waals surface area contributed by atoms with Crippen molar-refractivity contribution in [2.75, 3.05) is 5.75 Å². The number of thioether (sulfide) groups is 1. The monoisotopic (exact) mass is 355 g/mol. The summed E-state index contributed by atoms with van der Waals surface area (Å²) in [6.07, 6.45) is -6.27. The van der Waals surface area contributed by atoms with Crippen molar-refractivity contribution < 1.29 is 27.9 Å². The Balaban J connectivity index is 2.42. The Kier molecular flexibility index (Phi) is 7.02. The van der Waals surface area contributed by atoms with Gasteiger partial charge in [0.15, 0.2) is 0 Å². The standard InChI is InChI=1S/C13H13ClF3NO3S/c14-9-3-1-2-8(4-9)6-22-7-11(19)18-10(12(20)21)5-13(15,16)17/h1-4,10H,5-7H2,(H,18,19)(H,20,21). The molecule has 0 heterocycles. The van der Waals surface area contributed by atoms with Gasteiger partial charge in [-0.15, -0.1) is 11.8 Å². The van der Waals surface area contributed by atoms with Crippen LogP contribution in [0.4, 0.5) is 13.2 Å². The van der Waals surface area contributed by atoms with Crippen LogP contribution in [0.3, 0.4) is 0 Å². The molecule has 1 rings (SSSR count). The van der Waals surface area contributed by atoms with Gasteiger partial charge in [0.2, 0.25) is 5.91 Å². The lowest BCUT2D eigenvalue weighted by molar-refractivity contribution is -0.159. The van der Waals surface area contributed by atoms with E-state index < -0.39 is 30.5 Å². The van der Waals surface area contributed by atoms with E-state index in [4.69, 9.17) is 16.7 Å². The van der Waals surface area contributed by atoms with Crippen LogP contribution in [0.2, 0.25) is 5.02 Å². The second kappa shape index (κ2) is 8.28. The molecule has 1 unspecified atom stereocenters. The van der Waals surface area contributed by atoms with Gasteiger partial charge in [0.05, 0.1) is 12.2 Å². The quantitative estimate of drug-likeness (QED) is 0.788. The summed E-state index contributed by atoms with van der Waals surface area (Å²) in [6.45, 7) is 0. The molecule has 0 aromatic heterocycles. The molecule has 0 aliphatic carbocycles. The number of hydrogen-bond acceptors (Lipinski definition) is 3. The Morgan fingerprint density at radius 2 is 2.05 bits per heavy atom. The van der Waals surface area contributed by atoms with Crippen LogP contribution in [0.5, 0.6) is 0 Å². The molecule has 0 spiro atoms. The first kappa shape index (κ1) is 18.6. The Morgan fingerprint density at radius 1 is 1.36 bits per heavy atom. The van der Waals surface area contributed by atoms with Crippen molar-refractivity contribution >= 4 is 35.2 Å². The summed E-state index contributed by atoms with van der Waals surface area (Å²) in [5.41, 5.74) is 0.857. The summed E-state index contributed by atoms with van der Waals surface area (Å²) >= 11 is 6.94. The number of benzene rings is 1. The number of halogens is 4. The maximum atomic E-state index is 12.2. The molecule has 0 radical (unpaired) electrons. The molecule has 1 amide bonds. The third-order valence-electron chi connectivity index (χ3n) is 2.46. The minimum atomic E-state index is -4.66. The number of amides is 1. The van der Waals surface area contributed by atoms with E-state index in [1.165, 1.54) is 0 Å². The van der Waals surface area contributed by atoms with Gasteiger partial charge in [0, 0.05) is 10.8 Å². The van der Waals surface area contributed by atoms with Crippen LogP contribution in [0.15, 0.2) is 24.3 Å². The third kappa shape index (κ3) is 7.56. The van der Waals surface area contributed by atoms with Gasteiger partial charge >= 0.3 is 12.1 Å². The molecule has 0 saturated heterocycles. The van der Waals surface area contributed by atoms with Gasteiger partial charge < -0.3 is 10.4 Å². The van der Waals surface area contributed by atoms with Crippen LogP contribution < -0.4 is 5.32 Å². The number of carboxylic acids is 1. The fraction of sp³-hybridized carbons (Fsp3) is 0.385. The number of carboxylic acid groups (broad SMARTS) is 1. The van der Waals surface area contributed by atoms with Crippen molar-refractivity contribution in [3.8, 4) is 0 Å². The Labute approximate surface area is 134 Å². The lowest BCUT2D eigenvalue weighted by Gasteiger charge is -2.16. The van der Waals surface area contributed by atoms with Gasteiger partial charge in [-0.25, -0.2) is 4.79 Å². The van der Waals surface area contributed by atoms with Gasteiger partial charge in [-0.3, -0.25) is 4.79 Å². The maximum absolute atomic E-state index is 12.2. The Bertz CT molecular complexity index is 540. The van der Waals surface area contributed by atoms with Crippen molar-refractivity contribution in [2.45, 2.75) is 24.4 Å². The SMILES string of the molecule is O=C(CSCc1cccc(Cl)c1)NC(CC(F)(F)F)C(=O)O. The molecule has 2 N–H and O–H groups in total. The fourth-order valence-electron chi connectivity index (χ4n) is 1.56. The predicted octanol–water partition coefficient (Wildman–Crippen LogP) is 3.10. The normalized spacial score (nSPS) is 12.7. The van der Waals surface area contributed by atoms with Crippen molar-refractivity contribution in [3.63, 3.8) is 0 Å². The zero-order valence-corrected chi connectivity index (χ0v) is 12.8. The number of alkyl halides is 3. The molecule has 4 nitrogen and oxygen atoms in total. The van der Waals surface area contributed by atoms with Crippen molar-refractivity contribution in [2.24, 2.45) is 0 Å². The molecular weight excluding hydrogens is 343 g/mol. The third-order valence-corrected chi connectivity index (χ3v) is 3.70. The molecule has 1 aromatic rings. The summed E-state index contributed by atoms with van der Waals surface area (Å²) < 4.78 is 36.6. The van der Waals surface area contributed by atoms with Gasteiger partial charge in [0.25, 0.3) is 0 Å². The van der Waals surface area contributed by atoms with E-state index in [0.717, 1.165) is 17.3 Å². The molecule has 1 atom stereocenters. The average molecular weight is 356 g/mol. The number of aliphatic carboxylic acids is 1. The summed E-state index contributed by atoms with van der Waals surface area (Å²) in [4.78, 5) is 22.2. The summed E-state index contributed by atoms with van der Waals surface area (Å²) in [7, 11) is 0. The molecule has 0 saturated carbocycles. The highest BCUT2D eigenvalue weighted by Crippen LogP contribution is 2.22. The topological polar surface area (TPSA) is 66.4 Å². The van der Waals surface area contributed by atoms with Crippen LogP contribution in [0.25, 0.3) is 0 Å². The molecule has 9 heteroatoms. The number of nitrogens with one attached hydrogen (secondary N) is 1. The van der Waals surface area contributed by atoms with E-state index in [0.29, 0.717) is 10.8 Å². The number of carbonyl (C=O) groups excluding carboxylic acids is 1. The van der Waals surface area contributed by atoms with E-state index in [1.54, 1.807) is 24.3 Å². The highest BCUT2D eigenvalue weighted by atomic mass is 35.5. The van der Waals surface area contributed by atoms with Crippen LogP contribution in [0, 0.1) is 0 Å². The zero-order valence-electron chi connectivity index (χ0n) is 11.2. The number of hydrogen-bond donors (Lipinski definition) is 2. The predicted molar refractivity (Wildman–Crippen MR) is 77.9 cm³/mol. The molecular formula is C13H13ClF3NO3S. The van der Waals surface area contributed by atoms with E-state index in [9.17, 15) is 22.8 Å². The molecule has 1 aromatic carbocycles. The van der Waals surface area contributed by atoms with Gasteiger partial charge in [-0.05, 0) is 17.7 Å². The summed E-state index contributed by atoms with van der Waals surface area (Å²) in [5, 5.41) is 11.1. The Hall–Kier alpha value is -1.41. The van der Waals surface area contributed by atoms with Crippen LogP contribution >= 0.6 is 23.4 Å². The van der Waals surface area contributed by atoms with Gasteiger partial charge in [0.1, 0.15) is 6.04 Å². The van der Waals surface area contributed by atoms with Crippen molar-refractivity contribution in [3.05, 3.63) is 34.9 Å². The van der Waals surface area contributed by atoms with Crippen molar-refractivity contribution in [1.29, 1.82) is 0 Å². The highest BCUT2D eigenvalue weighted by molar-refractivity contribution is 7.99. The lowest BCUT2D eigenvalue weighted by atomic mass is 10.2. The first-order valence-electron chi connectivity index (χ1n) is 6.08. The van der Waals surface area contributed by atoms with Crippen LogP contribution in [0.1, 0.15) is 12.0 Å². The number of rotatable bonds is 7. The van der Waals surface area contributed by atoms with Gasteiger partial charge in [-0.1, -0.05) is 23.7 Å². The smallest absolute Gasteiger partial charge is 0.391 e. The van der Waals surface area contributed by atoms with E-state index >= 15 is 0 Å². The van der Waals surface area contributed by atoms with Gasteiger partial charge in [-0.2, -0.15) is 13.2 Å². The Morgan fingerprint density at radius 3 is 2.59 bits per heavy atom. The fourth-order valence-corrected chi connectivity index (χ4v) is 2.55. The molecule has 122 valence electrons. The molecule has 0 bridgehead atoms. The molecule has 0 aliphatic rings. The highest BCUT2D eigenvalue weighted by Gasteiger charge is 2.36. The zero-order chi connectivity index (χ0) is 16.8. The van der Waals surface area contributed by atoms with E-state index in [1.807, 2.05) is 5.32 Å². The van der Waals surface area contributed by atoms with Crippen molar-refractivity contribution in [1.82, 2.24) is 5.32 Å². The first-order chi connectivity index (χ1) is 10.2. The molecule has 0 fully saturated rings. The first-order valence-corrected chi connectivity index (χ1v) is 7.62. The minimum absolute atomic E-state index is 0.145. The minimum Gasteiger partial charge on any atom is -0.480 e. The largest absolute Gasteiger partial charge is 0.480 e. The second-order valence-corrected chi connectivity index (χ2v) is 5.82. The lowest BCUT2D eigenvalue weighted by Crippen LogP contribution is -2.44. The molecule has 0 aliphatic heterocycles. The summed E-state index contributed by atoms with van der Waals surface area (Å²) in [5.74, 6) is -2.19. The maximum Gasteiger partial charge on any atom is 0.391 e. The summed E-state index contributed by atoms with van der Waals surface area (Å²) in [6, 6.07) is 4.95.